The SMILES string of the molecule is O=C(O)[C@H](Cc1ccccc1)NN(c1cccc(F)c1F)P(=O)(O)O. The van der Waals surface area contributed by atoms with Gasteiger partial charge in [-0.15, -0.1) is 0 Å². The van der Waals surface area contributed by atoms with Crippen molar-refractivity contribution in [2.45, 2.75) is 12.5 Å². The van der Waals surface area contributed by atoms with Crippen LogP contribution in [0.5, 0.6) is 0 Å². The fraction of sp³-hybridized carbons (Fsp3) is 0.133. The minimum absolute atomic E-state index is 0.0349. The summed E-state index contributed by atoms with van der Waals surface area (Å²) in [4.78, 5) is 30.3. The van der Waals surface area contributed by atoms with Crippen molar-refractivity contribution in [3.8, 4) is 0 Å². The van der Waals surface area contributed by atoms with Gasteiger partial charge in [0.1, 0.15) is 11.7 Å². The van der Waals surface area contributed by atoms with Crippen LogP contribution < -0.4 is 10.2 Å². The van der Waals surface area contributed by atoms with Gasteiger partial charge in [-0.1, -0.05) is 36.4 Å². The molecular weight excluding hydrogens is 357 g/mol. The number of carboxylic acid groups (broad SMARTS) is 1. The van der Waals surface area contributed by atoms with E-state index >= 15 is 0 Å². The molecule has 2 aromatic carbocycles. The summed E-state index contributed by atoms with van der Waals surface area (Å²) in [5.41, 5.74) is 1.87. The van der Waals surface area contributed by atoms with Crippen LogP contribution in [-0.2, 0) is 15.8 Å². The van der Waals surface area contributed by atoms with Crippen LogP contribution in [-0.4, -0.2) is 26.9 Å². The van der Waals surface area contributed by atoms with E-state index in [2.05, 4.69) is 5.43 Å². The molecule has 2 aromatic rings. The average Bonchev–Trinajstić information content (AvgIpc) is 2.54. The highest BCUT2D eigenvalue weighted by Crippen LogP contribution is 2.43. The first kappa shape index (κ1) is 19.0. The molecule has 1 atom stereocenters. The van der Waals surface area contributed by atoms with Crippen molar-refractivity contribution in [1.82, 2.24) is 5.43 Å². The summed E-state index contributed by atoms with van der Waals surface area (Å²) in [6.45, 7) is 0. The Hall–Kier alpha value is -2.32. The van der Waals surface area contributed by atoms with Gasteiger partial charge >= 0.3 is 13.7 Å². The highest BCUT2D eigenvalue weighted by Gasteiger charge is 2.33. The lowest BCUT2D eigenvalue weighted by atomic mass is 10.1. The molecule has 2 rings (SSSR count). The third-order valence-corrected chi connectivity index (χ3v) is 4.13. The molecule has 0 saturated carbocycles. The van der Waals surface area contributed by atoms with Crippen LogP contribution in [0.3, 0.4) is 0 Å². The van der Waals surface area contributed by atoms with Crippen molar-refractivity contribution in [3.63, 3.8) is 0 Å². The monoisotopic (exact) mass is 372 g/mol. The second-order valence-electron chi connectivity index (χ2n) is 5.11. The molecular formula is C15H15F2N2O5P. The second-order valence-corrected chi connectivity index (χ2v) is 6.53. The molecule has 0 aromatic heterocycles. The Labute approximate surface area is 141 Å². The van der Waals surface area contributed by atoms with Gasteiger partial charge in [0, 0.05) is 6.42 Å². The van der Waals surface area contributed by atoms with Crippen LogP contribution >= 0.6 is 7.75 Å². The number of anilines is 1. The molecule has 134 valence electrons. The zero-order chi connectivity index (χ0) is 18.6. The predicted octanol–water partition coefficient (Wildman–Crippen LogP) is 2.06. The molecule has 0 bridgehead atoms. The molecule has 7 nitrogen and oxygen atoms in total. The summed E-state index contributed by atoms with van der Waals surface area (Å²) in [5, 5.41) is 9.31. The number of nitrogens with zero attached hydrogens (tertiary/aromatic N) is 1. The summed E-state index contributed by atoms with van der Waals surface area (Å²) in [6, 6.07) is 9.56. The first-order chi connectivity index (χ1) is 11.7. The zero-order valence-electron chi connectivity index (χ0n) is 12.7. The summed E-state index contributed by atoms with van der Waals surface area (Å²) in [6.07, 6.45) is -0.135. The van der Waals surface area contributed by atoms with Crippen molar-refractivity contribution in [2.75, 3.05) is 4.78 Å². The number of rotatable bonds is 7. The molecule has 0 aliphatic heterocycles. The molecule has 0 fully saturated rings. The van der Waals surface area contributed by atoms with Gasteiger partial charge in [-0.05, 0) is 17.7 Å². The molecule has 25 heavy (non-hydrogen) atoms. The molecule has 10 heteroatoms. The van der Waals surface area contributed by atoms with E-state index in [0.29, 0.717) is 5.56 Å². The van der Waals surface area contributed by atoms with E-state index in [0.717, 1.165) is 18.2 Å². The van der Waals surface area contributed by atoms with Gasteiger partial charge in [0.05, 0.1) is 0 Å². The van der Waals surface area contributed by atoms with Crippen molar-refractivity contribution < 1.29 is 33.0 Å². The highest BCUT2D eigenvalue weighted by molar-refractivity contribution is 7.53. The smallest absolute Gasteiger partial charge is 0.444 e. The Morgan fingerprint density at radius 2 is 1.76 bits per heavy atom. The lowest BCUT2D eigenvalue weighted by Crippen LogP contribution is -2.48. The van der Waals surface area contributed by atoms with Crippen molar-refractivity contribution in [3.05, 3.63) is 65.7 Å². The van der Waals surface area contributed by atoms with Crippen molar-refractivity contribution in [1.29, 1.82) is 0 Å². The van der Waals surface area contributed by atoms with Crippen molar-refractivity contribution in [2.24, 2.45) is 0 Å². The van der Waals surface area contributed by atoms with Gasteiger partial charge in [-0.3, -0.25) is 4.79 Å². The Kier molecular flexibility index (Phi) is 5.86. The minimum atomic E-state index is -5.19. The third-order valence-electron chi connectivity index (χ3n) is 3.28. The maximum atomic E-state index is 13.9. The van der Waals surface area contributed by atoms with E-state index in [1.54, 1.807) is 30.3 Å². The van der Waals surface area contributed by atoms with Gasteiger partial charge in [-0.2, -0.15) is 0 Å². The van der Waals surface area contributed by atoms with Crippen LogP contribution in [0, 0.1) is 11.6 Å². The maximum Gasteiger partial charge on any atom is 0.444 e. The number of nitrogens with one attached hydrogen (secondary N) is 1. The Balaban J connectivity index is 2.36. The van der Waals surface area contributed by atoms with Crippen LogP contribution in [0.2, 0.25) is 0 Å². The fourth-order valence-corrected chi connectivity index (χ4v) is 2.85. The zero-order valence-corrected chi connectivity index (χ0v) is 13.6. The number of carboxylic acids is 1. The maximum absolute atomic E-state index is 13.9. The number of halogens is 2. The van der Waals surface area contributed by atoms with Crippen molar-refractivity contribution >= 4 is 19.4 Å². The van der Waals surface area contributed by atoms with Gasteiger partial charge in [-0.25, -0.2) is 23.6 Å². The largest absolute Gasteiger partial charge is 0.480 e. The molecule has 0 amide bonds. The highest BCUT2D eigenvalue weighted by atomic mass is 31.2. The topological polar surface area (TPSA) is 110 Å². The van der Waals surface area contributed by atoms with E-state index in [-0.39, 0.29) is 11.2 Å². The van der Waals surface area contributed by atoms with E-state index in [1.807, 2.05) is 0 Å². The number of hydrazine groups is 1. The van der Waals surface area contributed by atoms with E-state index < -0.39 is 37.1 Å². The number of benzene rings is 2. The minimum Gasteiger partial charge on any atom is -0.480 e. The number of carbonyl (C=O) groups is 1. The molecule has 0 radical (unpaired) electrons. The predicted molar refractivity (Wildman–Crippen MR) is 85.6 cm³/mol. The normalized spacial score (nSPS) is 12.6. The van der Waals surface area contributed by atoms with Gasteiger partial charge in [0.2, 0.25) is 0 Å². The molecule has 0 aliphatic carbocycles. The molecule has 0 unspecified atom stereocenters. The third kappa shape index (κ3) is 4.83. The molecule has 0 saturated heterocycles. The van der Waals surface area contributed by atoms with Crippen LogP contribution in [0.4, 0.5) is 14.5 Å². The summed E-state index contributed by atoms with van der Waals surface area (Å²) < 4.78 is 39.0. The molecule has 0 heterocycles. The molecule has 4 N–H and O–H groups in total. The number of aliphatic carboxylic acids is 1. The number of hydrogen-bond donors (Lipinski definition) is 4. The van der Waals surface area contributed by atoms with Crippen LogP contribution in [0.15, 0.2) is 48.5 Å². The Morgan fingerprint density at radius 1 is 1.12 bits per heavy atom. The summed E-state index contributed by atoms with van der Waals surface area (Å²) in [7, 11) is -5.19. The van der Waals surface area contributed by atoms with Gasteiger partial charge < -0.3 is 14.9 Å². The fourth-order valence-electron chi connectivity index (χ4n) is 2.13. The van der Waals surface area contributed by atoms with Gasteiger partial charge in [0.25, 0.3) is 0 Å². The lowest BCUT2D eigenvalue weighted by molar-refractivity contribution is -0.139. The summed E-state index contributed by atoms with van der Waals surface area (Å²) in [5.74, 6) is -4.26. The second kappa shape index (κ2) is 7.71. The Bertz CT molecular complexity index is 800. The van der Waals surface area contributed by atoms with Gasteiger partial charge in [0.15, 0.2) is 11.6 Å². The molecule has 0 spiro atoms. The molecule has 0 aliphatic rings. The first-order valence-corrected chi connectivity index (χ1v) is 8.59. The van der Waals surface area contributed by atoms with Crippen LogP contribution in [0.25, 0.3) is 0 Å². The van der Waals surface area contributed by atoms with E-state index in [4.69, 9.17) is 0 Å². The lowest BCUT2D eigenvalue weighted by Gasteiger charge is -2.29. The van der Waals surface area contributed by atoms with Crippen LogP contribution in [0.1, 0.15) is 5.56 Å². The average molecular weight is 372 g/mol. The summed E-state index contributed by atoms with van der Waals surface area (Å²) >= 11 is 0. The standard InChI is InChI=1S/C15H15F2N2O5P/c16-11-7-4-8-13(14(11)17)19(25(22,23)24)18-12(15(20)21)9-10-5-2-1-3-6-10/h1-8,12,18H,9H2,(H,20,21)(H2,22,23,24)/t12-/m0/s1. The van der Waals surface area contributed by atoms with E-state index in [1.165, 1.54) is 0 Å². The number of hydrogen-bond acceptors (Lipinski definition) is 3. The Morgan fingerprint density at radius 3 is 2.32 bits per heavy atom. The van der Waals surface area contributed by atoms with E-state index in [9.17, 15) is 33.0 Å². The first-order valence-electron chi connectivity index (χ1n) is 7.03. The quantitative estimate of drug-likeness (QED) is 0.435.